The summed E-state index contributed by atoms with van der Waals surface area (Å²) < 4.78 is 20.4. The topological polar surface area (TPSA) is 91.0 Å². The summed E-state index contributed by atoms with van der Waals surface area (Å²) in [5, 5.41) is 12.8. The molecule has 0 fully saturated rings. The summed E-state index contributed by atoms with van der Waals surface area (Å²) in [5.74, 6) is -0.369. The first-order chi connectivity index (χ1) is 9.61. The predicted molar refractivity (Wildman–Crippen MR) is 66.6 cm³/mol. The molecular formula is C12H8ClNO6. The fraction of sp³-hybridized carbons (Fsp3) is 0.167. The zero-order valence-corrected chi connectivity index (χ0v) is 10.9. The Balaban J connectivity index is 2.17. The molecule has 3 rings (SSSR count). The molecule has 8 heteroatoms. The summed E-state index contributed by atoms with van der Waals surface area (Å²) in [4.78, 5) is 10.8. The number of carboxylic acids is 1. The van der Waals surface area contributed by atoms with E-state index in [4.69, 9.17) is 35.4 Å². The summed E-state index contributed by atoms with van der Waals surface area (Å²) in [6, 6.07) is 2.88. The lowest BCUT2D eigenvalue weighted by Crippen LogP contribution is -1.93. The lowest BCUT2D eigenvalue weighted by atomic mass is 10.1. The van der Waals surface area contributed by atoms with E-state index in [0.717, 1.165) is 0 Å². The van der Waals surface area contributed by atoms with Gasteiger partial charge in [0.15, 0.2) is 17.2 Å². The largest absolute Gasteiger partial charge is 0.494 e. The second kappa shape index (κ2) is 4.61. The van der Waals surface area contributed by atoms with Crippen molar-refractivity contribution >= 4 is 17.6 Å². The van der Waals surface area contributed by atoms with Crippen molar-refractivity contribution in [3.8, 4) is 28.5 Å². The molecule has 0 spiro atoms. The van der Waals surface area contributed by atoms with Gasteiger partial charge in [0, 0.05) is 6.07 Å². The van der Waals surface area contributed by atoms with Crippen molar-refractivity contribution in [3.05, 3.63) is 22.9 Å². The van der Waals surface area contributed by atoms with Crippen molar-refractivity contribution in [1.29, 1.82) is 0 Å². The molecule has 1 N–H and O–H groups in total. The van der Waals surface area contributed by atoms with Gasteiger partial charge in [-0.2, -0.15) is 0 Å². The Bertz CT molecular complexity index is 695. The second-order valence-electron chi connectivity index (χ2n) is 3.89. The lowest BCUT2D eigenvalue weighted by Gasteiger charge is -2.10. The van der Waals surface area contributed by atoms with Gasteiger partial charge in [0.25, 0.3) is 0 Å². The number of hydrogen-bond acceptors (Lipinski definition) is 6. The number of fused-ring (bicyclic) bond motifs is 1. The summed E-state index contributed by atoms with van der Waals surface area (Å²) >= 11 is 6.17. The van der Waals surface area contributed by atoms with Gasteiger partial charge in [-0.05, 0) is 6.07 Å². The molecule has 0 saturated carbocycles. The minimum atomic E-state index is -1.21. The predicted octanol–water partition coefficient (Wildman–Crippen LogP) is 2.43. The third-order valence-electron chi connectivity index (χ3n) is 2.76. The minimum Gasteiger partial charge on any atom is -0.494 e. The first-order valence-electron chi connectivity index (χ1n) is 5.48. The summed E-state index contributed by atoms with van der Waals surface area (Å²) in [6.45, 7) is 0.0564. The molecule has 0 aliphatic carbocycles. The maximum atomic E-state index is 10.8. The van der Waals surface area contributed by atoms with E-state index in [2.05, 4.69) is 5.16 Å². The highest BCUT2D eigenvalue weighted by molar-refractivity contribution is 6.34. The van der Waals surface area contributed by atoms with Gasteiger partial charge in [0.2, 0.25) is 12.6 Å². The van der Waals surface area contributed by atoms with Gasteiger partial charge in [-0.15, -0.1) is 0 Å². The number of carboxylic acid groups (broad SMARTS) is 1. The normalized spacial score (nSPS) is 12.5. The van der Waals surface area contributed by atoms with Crippen molar-refractivity contribution < 1.29 is 28.6 Å². The fourth-order valence-corrected chi connectivity index (χ4v) is 2.20. The molecule has 1 aliphatic heterocycles. The molecule has 0 amide bonds. The monoisotopic (exact) mass is 297 g/mol. The molecule has 1 aromatic carbocycles. The third kappa shape index (κ3) is 1.83. The van der Waals surface area contributed by atoms with Crippen LogP contribution < -0.4 is 14.2 Å². The van der Waals surface area contributed by atoms with E-state index in [1.54, 1.807) is 6.07 Å². The van der Waals surface area contributed by atoms with Crippen LogP contribution in [0.5, 0.6) is 17.2 Å². The number of carbonyl (C=O) groups is 1. The summed E-state index contributed by atoms with van der Waals surface area (Å²) in [6.07, 6.45) is 0. The molecule has 2 aromatic rings. The Morgan fingerprint density at radius 1 is 1.45 bits per heavy atom. The standard InChI is InChI=1S/C12H8ClNO6/c1-17-10-5(6-3-8(12(15)16)20-14-6)2-7-11(9(10)13)19-4-18-7/h2-3H,4H2,1H3,(H,15,16). The smallest absolute Gasteiger partial charge is 0.374 e. The van der Waals surface area contributed by atoms with Gasteiger partial charge in [-0.25, -0.2) is 4.79 Å². The number of ether oxygens (including phenoxy) is 3. The van der Waals surface area contributed by atoms with E-state index < -0.39 is 5.97 Å². The fourth-order valence-electron chi connectivity index (χ4n) is 1.88. The van der Waals surface area contributed by atoms with E-state index in [0.29, 0.717) is 22.8 Å². The average molecular weight is 298 g/mol. The van der Waals surface area contributed by atoms with Crippen LogP contribution in [0.2, 0.25) is 5.02 Å². The zero-order valence-electron chi connectivity index (χ0n) is 10.2. The number of hydrogen-bond donors (Lipinski definition) is 1. The second-order valence-corrected chi connectivity index (χ2v) is 4.26. The van der Waals surface area contributed by atoms with Crippen LogP contribution in [0.1, 0.15) is 10.6 Å². The molecule has 0 saturated heterocycles. The van der Waals surface area contributed by atoms with Gasteiger partial charge in [-0.3, -0.25) is 0 Å². The van der Waals surface area contributed by atoms with Gasteiger partial charge < -0.3 is 23.8 Å². The summed E-state index contributed by atoms with van der Waals surface area (Å²) in [7, 11) is 1.44. The Morgan fingerprint density at radius 2 is 2.25 bits per heavy atom. The molecule has 0 atom stereocenters. The van der Waals surface area contributed by atoms with Crippen LogP contribution in [0.25, 0.3) is 11.3 Å². The molecule has 20 heavy (non-hydrogen) atoms. The molecule has 7 nitrogen and oxygen atoms in total. The van der Waals surface area contributed by atoms with Crippen LogP contribution in [0.15, 0.2) is 16.7 Å². The molecule has 104 valence electrons. The molecule has 0 unspecified atom stereocenters. The van der Waals surface area contributed by atoms with Crippen LogP contribution >= 0.6 is 11.6 Å². The number of rotatable bonds is 3. The third-order valence-corrected chi connectivity index (χ3v) is 3.10. The lowest BCUT2D eigenvalue weighted by molar-refractivity contribution is 0.0652. The van der Waals surface area contributed by atoms with Gasteiger partial charge in [-0.1, -0.05) is 16.8 Å². The van der Waals surface area contributed by atoms with Crippen LogP contribution in [0.3, 0.4) is 0 Å². The van der Waals surface area contributed by atoms with Crippen LogP contribution in [0.4, 0.5) is 0 Å². The molecule has 2 heterocycles. The Morgan fingerprint density at radius 3 is 2.90 bits per heavy atom. The zero-order chi connectivity index (χ0) is 14.3. The van der Waals surface area contributed by atoms with Crippen molar-refractivity contribution in [2.75, 3.05) is 13.9 Å². The van der Waals surface area contributed by atoms with Crippen molar-refractivity contribution in [2.24, 2.45) is 0 Å². The maximum Gasteiger partial charge on any atom is 0.374 e. The van der Waals surface area contributed by atoms with Crippen molar-refractivity contribution in [2.45, 2.75) is 0 Å². The number of aromatic carboxylic acids is 1. The van der Waals surface area contributed by atoms with Gasteiger partial charge in [0.1, 0.15) is 10.7 Å². The summed E-state index contributed by atoms with van der Waals surface area (Å²) in [5.41, 5.74) is 0.734. The number of aromatic nitrogens is 1. The maximum absolute atomic E-state index is 10.8. The van der Waals surface area contributed by atoms with Gasteiger partial charge in [0.05, 0.1) is 12.7 Å². The van der Waals surface area contributed by atoms with Crippen LogP contribution in [0, 0.1) is 0 Å². The molecule has 0 bridgehead atoms. The Kier molecular flexibility index (Phi) is 2.90. The van der Waals surface area contributed by atoms with E-state index >= 15 is 0 Å². The van der Waals surface area contributed by atoms with E-state index in [9.17, 15) is 4.79 Å². The van der Waals surface area contributed by atoms with E-state index in [-0.39, 0.29) is 23.3 Å². The minimum absolute atomic E-state index is 0.0564. The molecule has 1 aliphatic rings. The quantitative estimate of drug-likeness (QED) is 0.930. The highest BCUT2D eigenvalue weighted by atomic mass is 35.5. The van der Waals surface area contributed by atoms with E-state index in [1.165, 1.54) is 13.2 Å². The first-order valence-corrected chi connectivity index (χ1v) is 5.86. The molecule has 1 aromatic heterocycles. The van der Waals surface area contributed by atoms with Gasteiger partial charge >= 0.3 is 5.97 Å². The SMILES string of the molecule is COc1c(-c2cc(C(=O)O)on2)cc2c(c1Cl)OCO2. The average Bonchev–Trinajstić information content (AvgIpc) is 3.07. The Labute approximate surface area is 117 Å². The Hall–Kier alpha value is -2.41. The van der Waals surface area contributed by atoms with Crippen LogP contribution in [-0.2, 0) is 0 Å². The molecule has 0 radical (unpaired) electrons. The highest BCUT2D eigenvalue weighted by Crippen LogP contribution is 2.49. The van der Waals surface area contributed by atoms with Crippen molar-refractivity contribution in [3.63, 3.8) is 0 Å². The number of nitrogens with zero attached hydrogens (tertiary/aromatic N) is 1. The first kappa shape index (κ1) is 12.6. The number of halogens is 1. The van der Waals surface area contributed by atoms with Crippen LogP contribution in [-0.4, -0.2) is 30.1 Å². The molecular weight excluding hydrogens is 290 g/mol. The van der Waals surface area contributed by atoms with E-state index in [1.807, 2.05) is 0 Å². The highest BCUT2D eigenvalue weighted by Gasteiger charge is 2.26. The number of benzene rings is 1. The van der Waals surface area contributed by atoms with Crippen molar-refractivity contribution in [1.82, 2.24) is 5.16 Å². The number of methoxy groups -OCH3 is 1.